The number of carbonyl (C=O) groups excluding carboxylic acids is 1. The van der Waals surface area contributed by atoms with Gasteiger partial charge in [0.05, 0.1) is 0 Å². The van der Waals surface area contributed by atoms with Crippen LogP contribution in [0.2, 0.25) is 0 Å². The molecule has 22 heavy (non-hydrogen) atoms. The van der Waals surface area contributed by atoms with E-state index >= 15 is 0 Å². The van der Waals surface area contributed by atoms with E-state index in [1.54, 1.807) is 6.07 Å². The van der Waals surface area contributed by atoms with Crippen molar-refractivity contribution in [3.8, 4) is 0 Å². The van der Waals surface area contributed by atoms with Crippen molar-refractivity contribution < 1.29 is 4.79 Å². The van der Waals surface area contributed by atoms with Crippen molar-refractivity contribution in [1.29, 1.82) is 0 Å². The van der Waals surface area contributed by atoms with E-state index in [0.717, 1.165) is 16.8 Å². The first kappa shape index (κ1) is 14.2. The fourth-order valence-electron chi connectivity index (χ4n) is 2.26. The lowest BCUT2D eigenvalue weighted by Gasteiger charge is -2.12. The van der Waals surface area contributed by atoms with Crippen molar-refractivity contribution in [2.45, 2.75) is 19.8 Å². The summed E-state index contributed by atoms with van der Waals surface area (Å²) >= 11 is 0. The van der Waals surface area contributed by atoms with Gasteiger partial charge in [0.2, 0.25) is 0 Å². The van der Waals surface area contributed by atoms with Gasteiger partial charge >= 0.3 is 6.03 Å². The van der Waals surface area contributed by atoms with Gasteiger partial charge < -0.3 is 16.4 Å². The first-order chi connectivity index (χ1) is 10.5. The van der Waals surface area contributed by atoms with Gasteiger partial charge in [-0.25, -0.2) is 4.79 Å². The van der Waals surface area contributed by atoms with Gasteiger partial charge in [-0.15, -0.1) is 0 Å². The van der Waals surface area contributed by atoms with Crippen LogP contribution < -0.4 is 16.4 Å². The number of carbonyl (C=O) groups is 1. The van der Waals surface area contributed by atoms with E-state index < -0.39 is 0 Å². The van der Waals surface area contributed by atoms with Gasteiger partial charge in [-0.05, 0) is 48.7 Å². The van der Waals surface area contributed by atoms with E-state index in [0.29, 0.717) is 17.3 Å². The summed E-state index contributed by atoms with van der Waals surface area (Å²) in [5.41, 5.74) is 11.2. The fourth-order valence-corrected chi connectivity index (χ4v) is 2.26. The molecule has 0 fully saturated rings. The van der Waals surface area contributed by atoms with E-state index in [1.807, 2.05) is 38.1 Å². The van der Waals surface area contributed by atoms with Crippen LogP contribution in [0.4, 0.5) is 21.9 Å². The number of anilines is 3. The quantitative estimate of drug-likeness (QED) is 0.587. The lowest BCUT2D eigenvalue weighted by Crippen LogP contribution is -2.20. The van der Waals surface area contributed by atoms with Gasteiger partial charge in [0.15, 0.2) is 0 Å². The Bertz CT molecular complexity index is 759. The summed E-state index contributed by atoms with van der Waals surface area (Å²) in [4.78, 5) is 12.1. The van der Waals surface area contributed by atoms with E-state index in [2.05, 4.69) is 28.9 Å². The summed E-state index contributed by atoms with van der Waals surface area (Å²) in [6, 6.07) is 11.3. The highest BCUT2D eigenvalue weighted by Crippen LogP contribution is 2.32. The molecule has 2 aromatic rings. The normalized spacial score (nSPS) is 13.0. The Morgan fingerprint density at radius 1 is 1.00 bits per heavy atom. The van der Waals surface area contributed by atoms with Crippen molar-refractivity contribution >= 4 is 23.1 Å². The van der Waals surface area contributed by atoms with Crippen molar-refractivity contribution in [1.82, 2.24) is 0 Å². The Hall–Kier alpha value is -2.75. The molecule has 2 amide bonds. The summed E-state index contributed by atoms with van der Waals surface area (Å²) in [5, 5.41) is 5.70. The number of aryl methyl sites for hydroxylation is 2. The number of amides is 2. The van der Waals surface area contributed by atoms with Gasteiger partial charge in [0.25, 0.3) is 0 Å². The Balaban J connectivity index is 1.71. The molecule has 0 saturated carbocycles. The van der Waals surface area contributed by atoms with Crippen molar-refractivity contribution in [3.63, 3.8) is 0 Å². The van der Waals surface area contributed by atoms with Crippen LogP contribution in [-0.2, 0) is 0 Å². The van der Waals surface area contributed by atoms with Crippen molar-refractivity contribution in [2.24, 2.45) is 0 Å². The Kier molecular flexibility index (Phi) is 3.59. The molecule has 0 bridgehead atoms. The zero-order chi connectivity index (χ0) is 15.7. The van der Waals surface area contributed by atoms with Gasteiger partial charge in [-0.2, -0.15) is 0 Å². The number of nitrogens with one attached hydrogen (secondary N) is 2. The predicted octanol–water partition coefficient (Wildman–Crippen LogP) is 4.18. The van der Waals surface area contributed by atoms with Crippen LogP contribution in [0.25, 0.3) is 0 Å². The molecule has 0 atom stereocenters. The lowest BCUT2D eigenvalue weighted by atomic mass is 10.1. The summed E-state index contributed by atoms with van der Waals surface area (Å²) in [5.74, 6) is 0.418. The van der Waals surface area contributed by atoms with Crippen LogP contribution in [0.15, 0.2) is 48.6 Å². The molecule has 4 N–H and O–H groups in total. The third-order valence-corrected chi connectivity index (χ3v) is 3.82. The minimum Gasteiger partial charge on any atom is -0.398 e. The van der Waals surface area contributed by atoms with Crippen LogP contribution in [0.3, 0.4) is 0 Å². The summed E-state index contributed by atoms with van der Waals surface area (Å²) in [6.45, 7) is 3.91. The molecular formula is C18H19N3O. The molecule has 2 aromatic carbocycles. The SMILES string of the molecule is Cc1ccc(NC(=O)Nc2cc(C3C=C3)ccc2C)cc1N. The molecule has 0 saturated heterocycles. The van der Waals surface area contributed by atoms with Crippen LogP contribution in [0.1, 0.15) is 22.6 Å². The molecule has 112 valence electrons. The Labute approximate surface area is 130 Å². The third-order valence-electron chi connectivity index (χ3n) is 3.82. The van der Waals surface area contributed by atoms with Gasteiger partial charge in [0, 0.05) is 23.0 Å². The average Bonchev–Trinajstić information content (AvgIpc) is 3.30. The fraction of sp³-hybridized carbons (Fsp3) is 0.167. The van der Waals surface area contributed by atoms with Crippen LogP contribution in [0.5, 0.6) is 0 Å². The summed E-state index contributed by atoms with van der Waals surface area (Å²) in [6.07, 6.45) is 4.26. The number of benzene rings is 2. The molecule has 0 unspecified atom stereocenters. The summed E-state index contributed by atoms with van der Waals surface area (Å²) < 4.78 is 0. The Morgan fingerprint density at radius 3 is 2.41 bits per heavy atom. The number of allylic oxidation sites excluding steroid dienone is 2. The third kappa shape index (κ3) is 3.11. The van der Waals surface area contributed by atoms with Crippen LogP contribution in [0, 0.1) is 13.8 Å². The van der Waals surface area contributed by atoms with Gasteiger partial charge in [-0.1, -0.05) is 30.4 Å². The van der Waals surface area contributed by atoms with E-state index in [9.17, 15) is 4.79 Å². The first-order valence-corrected chi connectivity index (χ1v) is 7.26. The predicted molar refractivity (Wildman–Crippen MR) is 91.3 cm³/mol. The van der Waals surface area contributed by atoms with Gasteiger partial charge in [-0.3, -0.25) is 0 Å². The second kappa shape index (κ2) is 5.56. The lowest BCUT2D eigenvalue weighted by molar-refractivity contribution is 0.262. The molecule has 3 rings (SSSR count). The first-order valence-electron chi connectivity index (χ1n) is 7.26. The highest BCUT2D eigenvalue weighted by Gasteiger charge is 2.15. The number of nitrogens with two attached hydrogens (primary N) is 1. The van der Waals surface area contributed by atoms with Crippen LogP contribution in [-0.4, -0.2) is 6.03 Å². The summed E-state index contributed by atoms with van der Waals surface area (Å²) in [7, 11) is 0. The molecule has 0 radical (unpaired) electrons. The second-order valence-electron chi connectivity index (χ2n) is 5.64. The zero-order valence-corrected chi connectivity index (χ0v) is 12.7. The second-order valence-corrected chi connectivity index (χ2v) is 5.64. The molecule has 0 aliphatic heterocycles. The maximum absolute atomic E-state index is 12.1. The van der Waals surface area contributed by atoms with Crippen molar-refractivity contribution in [3.05, 3.63) is 65.2 Å². The van der Waals surface area contributed by atoms with E-state index in [-0.39, 0.29) is 6.03 Å². The number of urea groups is 1. The largest absolute Gasteiger partial charge is 0.398 e. The maximum atomic E-state index is 12.1. The average molecular weight is 293 g/mol. The highest BCUT2D eigenvalue weighted by molar-refractivity contribution is 6.00. The molecule has 0 aromatic heterocycles. The zero-order valence-electron chi connectivity index (χ0n) is 12.7. The van der Waals surface area contributed by atoms with E-state index in [4.69, 9.17) is 5.73 Å². The minimum atomic E-state index is -0.271. The monoisotopic (exact) mass is 293 g/mol. The number of hydrogen-bond acceptors (Lipinski definition) is 2. The highest BCUT2D eigenvalue weighted by atomic mass is 16.2. The number of nitrogen functional groups attached to an aromatic ring is 1. The Morgan fingerprint density at radius 2 is 1.73 bits per heavy atom. The smallest absolute Gasteiger partial charge is 0.323 e. The number of rotatable bonds is 3. The van der Waals surface area contributed by atoms with Crippen LogP contribution >= 0.6 is 0 Å². The molecule has 4 nitrogen and oxygen atoms in total. The topological polar surface area (TPSA) is 67.2 Å². The van der Waals surface area contributed by atoms with Gasteiger partial charge in [0.1, 0.15) is 0 Å². The number of hydrogen-bond donors (Lipinski definition) is 3. The molecule has 4 heteroatoms. The molecule has 0 heterocycles. The minimum absolute atomic E-state index is 0.271. The van der Waals surface area contributed by atoms with Crippen molar-refractivity contribution in [2.75, 3.05) is 16.4 Å². The molecular weight excluding hydrogens is 274 g/mol. The molecule has 0 spiro atoms. The molecule has 1 aliphatic carbocycles. The standard InChI is InChI=1S/C18H19N3O/c1-11-4-8-15(10-16(11)19)20-18(22)21-17-9-14(13-6-7-13)5-3-12(17)2/h3-10,13H,19H2,1-2H3,(H2,20,21,22). The maximum Gasteiger partial charge on any atom is 0.323 e. The van der Waals surface area contributed by atoms with E-state index in [1.165, 1.54) is 5.56 Å². The molecule has 1 aliphatic rings.